The second-order valence-corrected chi connectivity index (χ2v) is 5.94. The highest BCUT2D eigenvalue weighted by molar-refractivity contribution is 8.00. The Morgan fingerprint density at radius 1 is 1.44 bits per heavy atom. The van der Waals surface area contributed by atoms with Crippen LogP contribution in [0.25, 0.3) is 0 Å². The van der Waals surface area contributed by atoms with Crippen molar-refractivity contribution in [3.05, 3.63) is 11.9 Å². The summed E-state index contributed by atoms with van der Waals surface area (Å²) in [4.78, 5) is 11.4. The van der Waals surface area contributed by atoms with Crippen LogP contribution in [0.4, 0.5) is 11.6 Å². The Balaban J connectivity index is 2.16. The van der Waals surface area contributed by atoms with Gasteiger partial charge in [-0.25, -0.2) is 9.97 Å². The number of aryl methyl sites for hydroxylation is 1. The molecule has 1 aromatic heterocycles. The zero-order valence-corrected chi connectivity index (χ0v) is 12.3. The fourth-order valence-corrected chi connectivity index (χ4v) is 3.34. The fraction of sp³-hybridized carbons (Fsp3) is 0.692. The van der Waals surface area contributed by atoms with Gasteiger partial charge < -0.3 is 10.2 Å². The van der Waals surface area contributed by atoms with Crippen LogP contribution >= 0.6 is 11.8 Å². The minimum atomic E-state index is 0.733. The summed E-state index contributed by atoms with van der Waals surface area (Å²) in [6.07, 6.45) is 1.23. The van der Waals surface area contributed by atoms with Gasteiger partial charge in [-0.05, 0) is 20.3 Å². The lowest BCUT2D eigenvalue weighted by Crippen LogP contribution is -2.38. The molecule has 5 heteroatoms. The quantitative estimate of drug-likeness (QED) is 0.907. The topological polar surface area (TPSA) is 41.0 Å². The smallest absolute Gasteiger partial charge is 0.134 e. The van der Waals surface area contributed by atoms with Crippen molar-refractivity contribution < 1.29 is 0 Å². The third-order valence-electron chi connectivity index (χ3n) is 3.10. The Hall–Kier alpha value is -0.970. The van der Waals surface area contributed by atoms with E-state index in [-0.39, 0.29) is 0 Å². The first-order chi connectivity index (χ1) is 8.72. The number of hydrogen-bond donors (Lipinski definition) is 1. The molecule has 1 saturated heterocycles. The minimum Gasteiger partial charge on any atom is -0.370 e. The van der Waals surface area contributed by atoms with Crippen LogP contribution in [0.2, 0.25) is 0 Å². The lowest BCUT2D eigenvalue weighted by molar-refractivity contribution is 0.717. The van der Waals surface area contributed by atoms with E-state index in [0.29, 0.717) is 0 Å². The maximum absolute atomic E-state index is 4.57. The van der Waals surface area contributed by atoms with Crippen LogP contribution in [0.1, 0.15) is 26.1 Å². The third-order valence-corrected chi connectivity index (χ3v) is 4.47. The Morgan fingerprint density at radius 3 is 3.00 bits per heavy atom. The molecule has 0 saturated carbocycles. The first-order valence-electron chi connectivity index (χ1n) is 6.69. The molecule has 0 spiro atoms. The number of anilines is 2. The highest BCUT2D eigenvalue weighted by Gasteiger charge is 2.20. The van der Waals surface area contributed by atoms with E-state index in [1.54, 1.807) is 0 Å². The Labute approximate surface area is 114 Å². The summed E-state index contributed by atoms with van der Waals surface area (Å²) in [5.41, 5.74) is 0. The summed E-state index contributed by atoms with van der Waals surface area (Å²) in [6, 6.07) is 2.07. The third kappa shape index (κ3) is 3.28. The second kappa shape index (κ2) is 6.27. The maximum Gasteiger partial charge on any atom is 0.134 e. The molecule has 1 unspecified atom stereocenters. The molecular weight excluding hydrogens is 244 g/mol. The molecule has 100 valence electrons. The van der Waals surface area contributed by atoms with Crippen molar-refractivity contribution in [1.82, 2.24) is 9.97 Å². The average molecular weight is 266 g/mol. The van der Waals surface area contributed by atoms with Crippen molar-refractivity contribution in [2.45, 2.75) is 32.4 Å². The van der Waals surface area contributed by atoms with Crippen molar-refractivity contribution in [3.8, 4) is 0 Å². The summed E-state index contributed by atoms with van der Waals surface area (Å²) < 4.78 is 0. The van der Waals surface area contributed by atoms with Gasteiger partial charge >= 0.3 is 0 Å². The SMILES string of the molecule is CCNc1cc(N2CCSC(CC)C2)nc(C)n1. The van der Waals surface area contributed by atoms with Crippen molar-refractivity contribution in [2.75, 3.05) is 35.6 Å². The number of hydrogen-bond acceptors (Lipinski definition) is 5. The average Bonchev–Trinajstić information content (AvgIpc) is 2.38. The summed E-state index contributed by atoms with van der Waals surface area (Å²) >= 11 is 2.08. The van der Waals surface area contributed by atoms with E-state index < -0.39 is 0 Å². The molecular formula is C13H22N4S. The lowest BCUT2D eigenvalue weighted by Gasteiger charge is -2.33. The zero-order valence-electron chi connectivity index (χ0n) is 11.4. The van der Waals surface area contributed by atoms with Gasteiger partial charge in [0.05, 0.1) is 0 Å². The summed E-state index contributed by atoms with van der Waals surface area (Å²) in [7, 11) is 0. The molecule has 0 bridgehead atoms. The van der Waals surface area contributed by atoms with Crippen LogP contribution < -0.4 is 10.2 Å². The zero-order chi connectivity index (χ0) is 13.0. The molecule has 18 heavy (non-hydrogen) atoms. The van der Waals surface area contributed by atoms with Gasteiger partial charge in [0.2, 0.25) is 0 Å². The van der Waals surface area contributed by atoms with Crippen LogP contribution in [0.3, 0.4) is 0 Å². The highest BCUT2D eigenvalue weighted by Crippen LogP contribution is 2.25. The van der Waals surface area contributed by atoms with Crippen LogP contribution in [0, 0.1) is 6.92 Å². The van der Waals surface area contributed by atoms with Gasteiger partial charge in [0.15, 0.2) is 0 Å². The Kier molecular flexibility index (Phi) is 4.69. The van der Waals surface area contributed by atoms with E-state index in [1.165, 1.54) is 12.2 Å². The molecule has 1 aromatic rings. The van der Waals surface area contributed by atoms with Gasteiger partial charge in [-0.1, -0.05) is 6.92 Å². The Bertz CT molecular complexity index is 397. The van der Waals surface area contributed by atoms with Gasteiger partial charge in [0, 0.05) is 36.7 Å². The first-order valence-corrected chi connectivity index (χ1v) is 7.74. The van der Waals surface area contributed by atoms with E-state index >= 15 is 0 Å². The summed E-state index contributed by atoms with van der Waals surface area (Å²) in [5, 5.41) is 4.00. The summed E-state index contributed by atoms with van der Waals surface area (Å²) in [6.45, 7) is 9.38. The first kappa shape index (κ1) is 13.5. The molecule has 1 N–H and O–H groups in total. The van der Waals surface area contributed by atoms with Crippen LogP contribution in [-0.2, 0) is 0 Å². The van der Waals surface area contributed by atoms with E-state index in [1.807, 2.05) is 6.92 Å². The van der Waals surface area contributed by atoms with Crippen molar-refractivity contribution >= 4 is 23.4 Å². The van der Waals surface area contributed by atoms with Gasteiger partial charge in [0.25, 0.3) is 0 Å². The van der Waals surface area contributed by atoms with Gasteiger partial charge in [-0.3, -0.25) is 0 Å². The van der Waals surface area contributed by atoms with Crippen molar-refractivity contribution in [2.24, 2.45) is 0 Å². The molecule has 0 aliphatic carbocycles. The maximum atomic E-state index is 4.57. The standard InChI is InChI=1S/C13H22N4S/c1-4-11-9-17(6-7-18-11)13-8-12(14-5-2)15-10(3)16-13/h8,11H,4-7,9H2,1-3H3,(H,14,15,16). The molecule has 0 amide bonds. The fourth-order valence-electron chi connectivity index (χ4n) is 2.16. The van der Waals surface area contributed by atoms with Gasteiger partial charge in [-0.2, -0.15) is 11.8 Å². The van der Waals surface area contributed by atoms with Gasteiger partial charge in [0.1, 0.15) is 17.5 Å². The molecule has 0 aromatic carbocycles. The van der Waals surface area contributed by atoms with Crippen molar-refractivity contribution in [3.63, 3.8) is 0 Å². The van der Waals surface area contributed by atoms with E-state index in [2.05, 4.69) is 51.9 Å². The molecule has 0 radical (unpaired) electrons. The number of nitrogens with one attached hydrogen (secondary N) is 1. The molecule has 4 nitrogen and oxygen atoms in total. The van der Waals surface area contributed by atoms with Crippen LogP contribution in [-0.4, -0.2) is 40.6 Å². The second-order valence-electron chi connectivity index (χ2n) is 4.54. The number of rotatable bonds is 4. The molecule has 1 atom stereocenters. The Morgan fingerprint density at radius 2 is 2.28 bits per heavy atom. The lowest BCUT2D eigenvalue weighted by atomic mass is 10.3. The normalized spacial score (nSPS) is 19.9. The van der Waals surface area contributed by atoms with Gasteiger partial charge in [-0.15, -0.1) is 0 Å². The predicted molar refractivity (Wildman–Crippen MR) is 79.7 cm³/mol. The monoisotopic (exact) mass is 266 g/mol. The summed E-state index contributed by atoms with van der Waals surface area (Å²) in [5.74, 6) is 4.04. The largest absolute Gasteiger partial charge is 0.370 e. The molecule has 2 rings (SSSR count). The van der Waals surface area contributed by atoms with E-state index in [0.717, 1.165) is 42.3 Å². The number of nitrogens with zero attached hydrogens (tertiary/aromatic N) is 3. The molecule has 1 fully saturated rings. The highest BCUT2D eigenvalue weighted by atomic mass is 32.2. The predicted octanol–water partition coefficient (Wildman–Crippen LogP) is 2.55. The van der Waals surface area contributed by atoms with E-state index in [9.17, 15) is 0 Å². The van der Waals surface area contributed by atoms with E-state index in [4.69, 9.17) is 0 Å². The molecule has 1 aliphatic heterocycles. The van der Waals surface area contributed by atoms with Crippen molar-refractivity contribution in [1.29, 1.82) is 0 Å². The molecule has 1 aliphatic rings. The molecule has 2 heterocycles. The number of thioether (sulfide) groups is 1. The van der Waals surface area contributed by atoms with Crippen LogP contribution in [0.5, 0.6) is 0 Å². The minimum absolute atomic E-state index is 0.733. The van der Waals surface area contributed by atoms with Crippen LogP contribution in [0.15, 0.2) is 6.07 Å². The number of aromatic nitrogens is 2.